The van der Waals surface area contributed by atoms with Crippen LogP contribution in [-0.2, 0) is 4.74 Å². The summed E-state index contributed by atoms with van der Waals surface area (Å²) in [6.45, 7) is 5.30. The van der Waals surface area contributed by atoms with E-state index in [0.717, 1.165) is 12.1 Å². The summed E-state index contributed by atoms with van der Waals surface area (Å²) in [6.07, 6.45) is -1.50. The number of likely N-dealkylation sites (N-methyl/N-ethyl adjacent to an activating group) is 1. The number of rotatable bonds is 5. The minimum atomic E-state index is -0.955. The van der Waals surface area contributed by atoms with Gasteiger partial charge in [-0.25, -0.2) is 14.0 Å². The van der Waals surface area contributed by atoms with Crippen molar-refractivity contribution in [1.82, 2.24) is 4.90 Å². The van der Waals surface area contributed by atoms with Crippen LogP contribution in [0.5, 0.6) is 5.75 Å². The van der Waals surface area contributed by atoms with E-state index in [4.69, 9.17) is 21.1 Å². The number of carbonyl (C=O) groups is 2. The van der Waals surface area contributed by atoms with Crippen LogP contribution in [0, 0.1) is 5.82 Å². The first-order valence-corrected chi connectivity index (χ1v) is 9.23. The van der Waals surface area contributed by atoms with Crippen molar-refractivity contribution in [2.75, 3.05) is 13.6 Å². The van der Waals surface area contributed by atoms with Crippen LogP contribution in [0.15, 0.2) is 42.5 Å². The molecule has 0 aromatic heterocycles. The van der Waals surface area contributed by atoms with Crippen LogP contribution < -0.4 is 4.74 Å². The number of ether oxygens (including phenoxy) is 2. The molecule has 1 N–H and O–H groups in total. The maximum atomic E-state index is 13.1. The molecule has 2 rings (SSSR count). The van der Waals surface area contributed by atoms with Gasteiger partial charge in [0.2, 0.25) is 0 Å². The highest BCUT2D eigenvalue weighted by atomic mass is 35.5. The van der Waals surface area contributed by atoms with Crippen LogP contribution in [-0.4, -0.2) is 41.3 Å². The van der Waals surface area contributed by atoms with Gasteiger partial charge in [-0.15, -0.1) is 0 Å². The van der Waals surface area contributed by atoms with Crippen molar-refractivity contribution in [1.29, 1.82) is 0 Å². The van der Waals surface area contributed by atoms with E-state index in [2.05, 4.69) is 0 Å². The number of carbonyl (C=O) groups excluding carboxylic acids is 2. The molecular formula is C21H23ClFNO5. The standard InChI is InChI=1S/C21H23ClFNO5/c1-21(2,3)29-20(27)24(4)12-18(25)13-5-8-15(9-6-13)28-19(26)16-10-7-14(23)11-17(16)22/h5-11,18,25H,12H2,1-4H3. The van der Waals surface area contributed by atoms with E-state index in [1.807, 2.05) is 0 Å². The zero-order valence-electron chi connectivity index (χ0n) is 16.6. The average Bonchev–Trinajstić information content (AvgIpc) is 2.60. The van der Waals surface area contributed by atoms with Gasteiger partial charge in [-0.3, -0.25) is 0 Å². The third kappa shape index (κ3) is 6.73. The predicted octanol–water partition coefficient (Wildman–Crippen LogP) is 4.60. The van der Waals surface area contributed by atoms with Gasteiger partial charge in [0.25, 0.3) is 0 Å². The Morgan fingerprint density at radius 3 is 2.34 bits per heavy atom. The quantitative estimate of drug-likeness (QED) is 0.562. The van der Waals surface area contributed by atoms with E-state index in [9.17, 15) is 19.1 Å². The normalized spacial score (nSPS) is 12.2. The molecule has 29 heavy (non-hydrogen) atoms. The van der Waals surface area contributed by atoms with Gasteiger partial charge in [0, 0.05) is 7.05 Å². The summed E-state index contributed by atoms with van der Waals surface area (Å²) in [5, 5.41) is 10.3. The van der Waals surface area contributed by atoms with Crippen LogP contribution in [0.2, 0.25) is 5.02 Å². The third-order valence-corrected chi connectivity index (χ3v) is 4.09. The molecular weight excluding hydrogens is 401 g/mol. The molecule has 0 saturated heterocycles. The van der Waals surface area contributed by atoms with Crippen molar-refractivity contribution in [3.8, 4) is 5.75 Å². The molecule has 2 aromatic rings. The highest BCUT2D eigenvalue weighted by Crippen LogP contribution is 2.22. The summed E-state index contributed by atoms with van der Waals surface area (Å²) < 4.78 is 23.5. The van der Waals surface area contributed by atoms with Gasteiger partial charge in [-0.1, -0.05) is 23.7 Å². The molecule has 6 nitrogen and oxygen atoms in total. The molecule has 0 spiro atoms. The lowest BCUT2D eigenvalue weighted by atomic mass is 10.1. The molecule has 0 saturated carbocycles. The molecule has 1 unspecified atom stereocenters. The smallest absolute Gasteiger partial charge is 0.410 e. The lowest BCUT2D eigenvalue weighted by Crippen LogP contribution is -2.36. The molecule has 1 atom stereocenters. The van der Waals surface area contributed by atoms with E-state index in [0.29, 0.717) is 5.56 Å². The summed E-state index contributed by atoms with van der Waals surface area (Å²) in [7, 11) is 1.53. The van der Waals surface area contributed by atoms with Crippen molar-refractivity contribution in [2.45, 2.75) is 32.5 Å². The topological polar surface area (TPSA) is 76.1 Å². The largest absolute Gasteiger partial charge is 0.444 e. The van der Waals surface area contributed by atoms with Gasteiger partial charge >= 0.3 is 12.1 Å². The van der Waals surface area contributed by atoms with Crippen LogP contribution >= 0.6 is 11.6 Å². The van der Waals surface area contributed by atoms with Crippen molar-refractivity contribution in [3.63, 3.8) is 0 Å². The van der Waals surface area contributed by atoms with E-state index >= 15 is 0 Å². The molecule has 2 aromatic carbocycles. The Hall–Kier alpha value is -2.64. The number of halogens is 2. The molecule has 0 heterocycles. The first kappa shape index (κ1) is 22.6. The molecule has 0 aliphatic carbocycles. The third-order valence-electron chi connectivity index (χ3n) is 3.78. The SMILES string of the molecule is CN(CC(O)c1ccc(OC(=O)c2ccc(F)cc2Cl)cc1)C(=O)OC(C)(C)C. The highest BCUT2D eigenvalue weighted by molar-refractivity contribution is 6.33. The number of hydrogen-bond donors (Lipinski definition) is 1. The van der Waals surface area contributed by atoms with Crippen molar-refractivity contribution in [2.24, 2.45) is 0 Å². The molecule has 0 bridgehead atoms. The summed E-state index contributed by atoms with van der Waals surface area (Å²) >= 11 is 5.86. The van der Waals surface area contributed by atoms with Crippen LogP contribution in [0.25, 0.3) is 0 Å². The molecule has 8 heteroatoms. The van der Waals surface area contributed by atoms with Crippen LogP contribution in [0.1, 0.15) is 42.8 Å². The van der Waals surface area contributed by atoms with E-state index in [1.54, 1.807) is 32.9 Å². The van der Waals surface area contributed by atoms with Gasteiger partial charge in [0.1, 0.15) is 17.2 Å². The molecule has 0 aliphatic heterocycles. The van der Waals surface area contributed by atoms with Gasteiger partial charge in [0.15, 0.2) is 0 Å². The fraction of sp³-hybridized carbons (Fsp3) is 0.333. The first-order valence-electron chi connectivity index (χ1n) is 8.85. The van der Waals surface area contributed by atoms with E-state index in [-0.39, 0.29) is 22.9 Å². The van der Waals surface area contributed by atoms with Gasteiger partial charge < -0.3 is 19.5 Å². The fourth-order valence-electron chi connectivity index (χ4n) is 2.35. The molecule has 1 amide bonds. The first-order chi connectivity index (χ1) is 13.5. The summed E-state index contributed by atoms with van der Waals surface area (Å²) in [4.78, 5) is 25.4. The second-order valence-electron chi connectivity index (χ2n) is 7.46. The van der Waals surface area contributed by atoms with Gasteiger partial charge in [0.05, 0.1) is 23.2 Å². The molecule has 0 aliphatic rings. The number of hydrogen-bond acceptors (Lipinski definition) is 5. The monoisotopic (exact) mass is 423 g/mol. The van der Waals surface area contributed by atoms with Crippen molar-refractivity contribution < 1.29 is 28.6 Å². The Kier molecular flexibility index (Phi) is 7.21. The maximum Gasteiger partial charge on any atom is 0.410 e. The van der Waals surface area contributed by atoms with E-state index < -0.39 is 29.6 Å². The molecule has 0 fully saturated rings. The lowest BCUT2D eigenvalue weighted by Gasteiger charge is -2.26. The number of esters is 1. The van der Waals surface area contributed by atoms with Crippen LogP contribution in [0.3, 0.4) is 0 Å². The zero-order valence-corrected chi connectivity index (χ0v) is 17.4. The Balaban J connectivity index is 1.98. The average molecular weight is 424 g/mol. The Morgan fingerprint density at radius 1 is 1.17 bits per heavy atom. The van der Waals surface area contributed by atoms with Crippen molar-refractivity contribution in [3.05, 3.63) is 64.4 Å². The number of benzene rings is 2. The number of nitrogens with zero attached hydrogens (tertiary/aromatic N) is 1. The second-order valence-corrected chi connectivity index (χ2v) is 7.87. The minimum absolute atomic E-state index is 0.0270. The summed E-state index contributed by atoms with van der Waals surface area (Å²) in [6, 6.07) is 9.53. The Bertz CT molecular complexity index is 880. The summed E-state index contributed by atoms with van der Waals surface area (Å²) in [5.41, 5.74) is -0.0638. The second kappa shape index (κ2) is 9.24. The van der Waals surface area contributed by atoms with E-state index in [1.165, 1.54) is 30.1 Å². The molecule has 0 radical (unpaired) electrons. The van der Waals surface area contributed by atoms with Crippen molar-refractivity contribution >= 4 is 23.7 Å². The number of aliphatic hydroxyl groups is 1. The van der Waals surface area contributed by atoms with Gasteiger partial charge in [-0.05, 0) is 56.7 Å². The predicted molar refractivity (Wildman–Crippen MR) is 107 cm³/mol. The Labute approximate surface area is 173 Å². The highest BCUT2D eigenvalue weighted by Gasteiger charge is 2.22. The Morgan fingerprint density at radius 2 is 1.79 bits per heavy atom. The lowest BCUT2D eigenvalue weighted by molar-refractivity contribution is 0.0205. The van der Waals surface area contributed by atoms with Gasteiger partial charge in [-0.2, -0.15) is 0 Å². The fourth-order valence-corrected chi connectivity index (χ4v) is 2.60. The number of aliphatic hydroxyl groups excluding tert-OH is 1. The zero-order chi connectivity index (χ0) is 21.8. The van der Waals surface area contributed by atoms with Crippen LogP contribution in [0.4, 0.5) is 9.18 Å². The molecule has 156 valence electrons. The minimum Gasteiger partial charge on any atom is -0.444 e. The maximum absolute atomic E-state index is 13.1. The summed E-state index contributed by atoms with van der Waals surface area (Å²) in [5.74, 6) is -1.05. The number of amides is 1.